The molecule has 0 fully saturated rings. The van der Waals surface area contributed by atoms with Crippen molar-refractivity contribution in [1.29, 1.82) is 0 Å². The molecule has 0 unspecified atom stereocenters. The van der Waals surface area contributed by atoms with Gasteiger partial charge in [-0.05, 0) is 76.6 Å². The molecule has 3 heteroatoms. The summed E-state index contributed by atoms with van der Waals surface area (Å²) >= 11 is 0. The average Bonchev–Trinajstić information content (AvgIpc) is 3.57. The quantitative estimate of drug-likeness (QED) is 0.184. The summed E-state index contributed by atoms with van der Waals surface area (Å²) in [4.78, 5) is 10.3. The number of para-hydroxylation sites is 1. The van der Waals surface area contributed by atoms with E-state index in [1.165, 1.54) is 27.8 Å². The molecular weight excluding hydrogens is 597 g/mol. The zero-order chi connectivity index (χ0) is 32.6. The van der Waals surface area contributed by atoms with E-state index in [2.05, 4.69) is 146 Å². The number of fused-ring (bicyclic) bond motifs is 3. The molecule has 0 radical (unpaired) electrons. The number of aromatic nitrogens is 2. The fourth-order valence-electron chi connectivity index (χ4n) is 6.87. The maximum atomic E-state index is 6.08. The molecule has 8 aromatic rings. The van der Waals surface area contributed by atoms with Gasteiger partial charge in [-0.1, -0.05) is 140 Å². The summed E-state index contributed by atoms with van der Waals surface area (Å²) in [6, 6.07) is 53.1. The van der Waals surface area contributed by atoms with Crippen LogP contribution in [-0.2, 0) is 0 Å². The molecule has 49 heavy (non-hydrogen) atoms. The fraction of sp³-hybridized carbons (Fsp3) is 0.0435. The first-order chi connectivity index (χ1) is 24.3. The molecule has 0 spiro atoms. The van der Waals surface area contributed by atoms with Gasteiger partial charge in [0.1, 0.15) is 11.2 Å². The summed E-state index contributed by atoms with van der Waals surface area (Å²) in [6.45, 7) is 0. The number of rotatable bonds is 6. The molecule has 0 N–H and O–H groups in total. The number of furan rings is 1. The lowest BCUT2D eigenvalue weighted by Gasteiger charge is -2.17. The van der Waals surface area contributed by atoms with Crippen molar-refractivity contribution in [3.8, 4) is 56.2 Å². The standard InChI is InChI=1S/C46H32N2O/c1-4-12-32(13-5-1)38-26-24-37(46-47-42(34-14-6-2-7-15-34)30-43(48-46)35-16-8-3-9-17-35)29-40(38)33-22-20-31(21-23-33)36-25-27-45-41(28-36)39-18-10-11-19-44(39)49-45/h1-4,6-12,14-30H,5,13H2. The van der Waals surface area contributed by atoms with E-state index in [0.717, 1.165) is 68.4 Å². The molecule has 2 aromatic heterocycles. The number of nitrogens with zero attached hydrogens (tertiary/aromatic N) is 2. The normalized spacial score (nSPS) is 12.8. The van der Waals surface area contributed by atoms with Gasteiger partial charge in [0.25, 0.3) is 0 Å². The van der Waals surface area contributed by atoms with Crippen LogP contribution in [0, 0.1) is 0 Å². The first-order valence-corrected chi connectivity index (χ1v) is 16.8. The van der Waals surface area contributed by atoms with E-state index in [1.807, 2.05) is 24.3 Å². The minimum atomic E-state index is 0.711. The zero-order valence-electron chi connectivity index (χ0n) is 26.9. The zero-order valence-corrected chi connectivity index (χ0v) is 26.9. The SMILES string of the molecule is C1=CCCC(c2ccc(-c3nc(-c4ccccc4)cc(-c4ccccc4)n3)cc2-c2ccc(-c3ccc4oc5ccccc5c4c3)cc2)=C1. The second-order valence-electron chi connectivity index (χ2n) is 12.5. The predicted octanol–water partition coefficient (Wildman–Crippen LogP) is 12.4. The molecule has 0 atom stereocenters. The van der Waals surface area contributed by atoms with Crippen LogP contribution in [-0.4, -0.2) is 9.97 Å². The summed E-state index contributed by atoms with van der Waals surface area (Å²) in [5.74, 6) is 0.711. The Kier molecular flexibility index (Phi) is 7.29. The number of hydrogen-bond acceptors (Lipinski definition) is 3. The Morgan fingerprint density at radius 1 is 0.449 bits per heavy atom. The molecular formula is C46H32N2O. The largest absolute Gasteiger partial charge is 0.456 e. The van der Waals surface area contributed by atoms with Gasteiger partial charge in [0, 0.05) is 27.5 Å². The van der Waals surface area contributed by atoms with Crippen molar-refractivity contribution in [3.63, 3.8) is 0 Å². The lowest BCUT2D eigenvalue weighted by Crippen LogP contribution is -1.98. The third kappa shape index (κ3) is 5.56. The monoisotopic (exact) mass is 628 g/mol. The van der Waals surface area contributed by atoms with Crippen molar-refractivity contribution in [2.45, 2.75) is 12.8 Å². The minimum absolute atomic E-state index is 0.711. The molecule has 1 aliphatic rings. The Bertz CT molecular complexity index is 2470. The van der Waals surface area contributed by atoms with Crippen molar-refractivity contribution in [2.24, 2.45) is 0 Å². The third-order valence-corrected chi connectivity index (χ3v) is 9.41. The van der Waals surface area contributed by atoms with E-state index in [4.69, 9.17) is 14.4 Å². The first-order valence-electron chi connectivity index (χ1n) is 16.8. The molecule has 1 aliphatic carbocycles. The van der Waals surface area contributed by atoms with E-state index in [1.54, 1.807) is 0 Å². The second kappa shape index (κ2) is 12.4. The van der Waals surface area contributed by atoms with E-state index in [-0.39, 0.29) is 0 Å². The van der Waals surface area contributed by atoms with Gasteiger partial charge >= 0.3 is 0 Å². The molecule has 0 amide bonds. The molecule has 0 saturated heterocycles. The summed E-state index contributed by atoms with van der Waals surface area (Å²) in [5, 5.41) is 2.28. The predicted molar refractivity (Wildman–Crippen MR) is 203 cm³/mol. The maximum Gasteiger partial charge on any atom is 0.160 e. The Morgan fingerprint density at radius 2 is 1.08 bits per heavy atom. The minimum Gasteiger partial charge on any atom is -0.456 e. The Balaban J connectivity index is 1.16. The van der Waals surface area contributed by atoms with Gasteiger partial charge in [0.05, 0.1) is 11.4 Å². The van der Waals surface area contributed by atoms with Gasteiger partial charge < -0.3 is 4.42 Å². The van der Waals surface area contributed by atoms with Crippen molar-refractivity contribution in [3.05, 3.63) is 175 Å². The second-order valence-corrected chi connectivity index (χ2v) is 12.5. The van der Waals surface area contributed by atoms with E-state index in [0.29, 0.717) is 5.82 Å². The highest BCUT2D eigenvalue weighted by Crippen LogP contribution is 2.38. The van der Waals surface area contributed by atoms with Crippen molar-refractivity contribution < 1.29 is 4.42 Å². The van der Waals surface area contributed by atoms with Crippen LogP contribution < -0.4 is 0 Å². The Hall–Kier alpha value is -6.32. The molecule has 6 aromatic carbocycles. The van der Waals surface area contributed by atoms with Crippen LogP contribution in [0.3, 0.4) is 0 Å². The third-order valence-electron chi connectivity index (χ3n) is 9.41. The van der Waals surface area contributed by atoms with Crippen LogP contribution >= 0.6 is 0 Å². The highest BCUT2D eigenvalue weighted by atomic mass is 16.3. The molecule has 9 rings (SSSR count). The van der Waals surface area contributed by atoms with Crippen LogP contribution in [0.25, 0.3) is 83.7 Å². The summed E-state index contributed by atoms with van der Waals surface area (Å²) in [7, 11) is 0. The van der Waals surface area contributed by atoms with Gasteiger partial charge in [-0.3, -0.25) is 0 Å². The summed E-state index contributed by atoms with van der Waals surface area (Å²) in [6.07, 6.45) is 8.72. The van der Waals surface area contributed by atoms with Gasteiger partial charge in [0.2, 0.25) is 0 Å². The van der Waals surface area contributed by atoms with Crippen molar-refractivity contribution >= 4 is 27.5 Å². The van der Waals surface area contributed by atoms with Gasteiger partial charge in [-0.2, -0.15) is 0 Å². The number of benzene rings is 6. The average molecular weight is 629 g/mol. The molecule has 232 valence electrons. The highest BCUT2D eigenvalue weighted by Gasteiger charge is 2.16. The van der Waals surface area contributed by atoms with E-state index in [9.17, 15) is 0 Å². The van der Waals surface area contributed by atoms with Crippen LogP contribution in [0.2, 0.25) is 0 Å². The van der Waals surface area contributed by atoms with Gasteiger partial charge in [-0.25, -0.2) is 9.97 Å². The molecule has 0 bridgehead atoms. The van der Waals surface area contributed by atoms with Crippen molar-refractivity contribution in [2.75, 3.05) is 0 Å². The number of hydrogen-bond donors (Lipinski definition) is 0. The smallest absolute Gasteiger partial charge is 0.160 e. The summed E-state index contributed by atoms with van der Waals surface area (Å²) < 4.78 is 6.08. The maximum absolute atomic E-state index is 6.08. The molecule has 2 heterocycles. The van der Waals surface area contributed by atoms with Crippen molar-refractivity contribution in [1.82, 2.24) is 9.97 Å². The van der Waals surface area contributed by atoms with Gasteiger partial charge in [0.15, 0.2) is 5.82 Å². The molecule has 3 nitrogen and oxygen atoms in total. The van der Waals surface area contributed by atoms with Crippen LogP contribution in [0.4, 0.5) is 0 Å². The lowest BCUT2D eigenvalue weighted by molar-refractivity contribution is 0.669. The fourth-order valence-corrected chi connectivity index (χ4v) is 6.87. The topological polar surface area (TPSA) is 38.9 Å². The van der Waals surface area contributed by atoms with Crippen LogP contribution in [0.15, 0.2) is 174 Å². The van der Waals surface area contributed by atoms with E-state index < -0.39 is 0 Å². The van der Waals surface area contributed by atoms with Crippen LogP contribution in [0.5, 0.6) is 0 Å². The van der Waals surface area contributed by atoms with E-state index >= 15 is 0 Å². The molecule has 0 saturated carbocycles. The first kappa shape index (κ1) is 28.9. The Labute approximate surface area is 285 Å². The summed E-state index contributed by atoms with van der Waals surface area (Å²) in [5.41, 5.74) is 14.0. The highest BCUT2D eigenvalue weighted by molar-refractivity contribution is 6.06. The number of allylic oxidation sites excluding steroid dienone is 4. The Morgan fingerprint density at radius 3 is 1.80 bits per heavy atom. The van der Waals surface area contributed by atoms with Crippen LogP contribution in [0.1, 0.15) is 18.4 Å². The molecule has 0 aliphatic heterocycles. The lowest BCUT2D eigenvalue weighted by atomic mass is 9.88. The van der Waals surface area contributed by atoms with Gasteiger partial charge in [-0.15, -0.1) is 0 Å².